The van der Waals surface area contributed by atoms with Crippen LogP contribution in [0.5, 0.6) is 11.5 Å². The van der Waals surface area contributed by atoms with E-state index in [1.165, 1.54) is 29.1 Å². The molecule has 2 N–H and O–H groups in total. The summed E-state index contributed by atoms with van der Waals surface area (Å²) in [5.74, 6) is -1.21. The molecule has 2 unspecified atom stereocenters. The SMILES string of the molecule is N#Cc1c(NSN2CCC(F)C2)ccc(F)c1Oc1ccc2ncn(-c3ccc(N4CCN(CC5CN(c6ccc7c(c6)CN(C6CCC(=O)NC6=O)C7=O)C5)CC4)cc3)c(=O)c2c1. The molecule has 0 radical (unpaired) electrons. The highest BCUT2D eigenvalue weighted by atomic mass is 32.2. The predicted octanol–water partition coefficient (Wildman–Crippen LogP) is 5.23. The molecule has 3 amide bonds. The number of carbonyl (C=O) groups excluding carboxylic acids is 3. The number of benzene rings is 4. The number of aromatic nitrogens is 2. The largest absolute Gasteiger partial charge is 0.453 e. The molecule has 1 aromatic heterocycles. The zero-order valence-electron chi connectivity index (χ0n) is 34.7. The molecular formula is C46H44F2N10O5S. The molecule has 328 valence electrons. The molecule has 5 aromatic rings. The second-order valence-electron chi connectivity index (χ2n) is 16.9. The number of carbonyl (C=O) groups is 3. The third-order valence-electron chi connectivity index (χ3n) is 12.8. The molecule has 0 saturated carbocycles. The summed E-state index contributed by atoms with van der Waals surface area (Å²) in [7, 11) is 0. The molecular weight excluding hydrogens is 843 g/mol. The van der Waals surface area contributed by atoms with Crippen molar-refractivity contribution in [1.29, 1.82) is 5.26 Å². The zero-order chi connectivity index (χ0) is 44.1. The highest BCUT2D eigenvalue weighted by molar-refractivity contribution is 7.98. The number of piperidine rings is 1. The Labute approximate surface area is 371 Å². The van der Waals surface area contributed by atoms with Crippen LogP contribution < -0.4 is 30.1 Å². The maximum atomic E-state index is 15.1. The number of nitrogens with one attached hydrogen (secondary N) is 2. The Balaban J connectivity index is 0.731. The van der Waals surface area contributed by atoms with Crippen molar-refractivity contribution in [2.75, 3.05) is 73.4 Å². The van der Waals surface area contributed by atoms with E-state index in [1.807, 2.05) is 42.5 Å². The van der Waals surface area contributed by atoms with Gasteiger partial charge in [-0.05, 0) is 91.2 Å². The summed E-state index contributed by atoms with van der Waals surface area (Å²) in [6.07, 6.45) is 1.57. The quantitative estimate of drug-likeness (QED) is 0.131. The molecule has 5 aliphatic rings. The first kappa shape index (κ1) is 41.5. The van der Waals surface area contributed by atoms with Gasteiger partial charge in [-0.25, -0.2) is 18.1 Å². The Morgan fingerprint density at radius 2 is 1.66 bits per heavy atom. The number of ether oxygens (including phenoxy) is 1. The number of anilines is 3. The minimum absolute atomic E-state index is 0.0594. The van der Waals surface area contributed by atoms with Gasteiger partial charge < -0.3 is 24.2 Å². The fraction of sp³-hybridized carbons (Fsp3) is 0.348. The predicted molar refractivity (Wildman–Crippen MR) is 238 cm³/mol. The Bertz CT molecular complexity index is 2770. The van der Waals surface area contributed by atoms with Gasteiger partial charge in [0, 0.05) is 107 Å². The average molecular weight is 887 g/mol. The lowest BCUT2D eigenvalue weighted by Crippen LogP contribution is -2.55. The van der Waals surface area contributed by atoms with Gasteiger partial charge in [-0.15, -0.1) is 0 Å². The van der Waals surface area contributed by atoms with Gasteiger partial charge in [0.25, 0.3) is 11.5 Å². The lowest BCUT2D eigenvalue weighted by molar-refractivity contribution is -0.136. The van der Waals surface area contributed by atoms with Crippen molar-refractivity contribution in [3.8, 4) is 23.3 Å². The lowest BCUT2D eigenvalue weighted by Gasteiger charge is -2.45. The standard InChI is InChI=1S/C46H44F2N10O5S/c47-30-13-14-56(26-30)64-52-40-10-8-38(48)43(37(40)21-49)63-34-6-9-39-36(20-34)46(62)58(27-50-39)32-3-1-31(2-4-32)54-17-15-53(16-18-54)22-28-23-55(24-28)33-5-7-35-29(19-33)25-57(45(35)61)41-11-12-42(59)51-44(41)60/h1-10,19-20,27-28,30,41,52H,11-18,22-26H2,(H,51,59,60). The number of imide groups is 1. The summed E-state index contributed by atoms with van der Waals surface area (Å²) in [5, 5.41) is 12.6. The molecule has 6 heterocycles. The Morgan fingerprint density at radius 3 is 2.41 bits per heavy atom. The first-order valence-electron chi connectivity index (χ1n) is 21.4. The molecule has 4 fully saturated rings. The molecule has 64 heavy (non-hydrogen) atoms. The van der Waals surface area contributed by atoms with E-state index in [1.54, 1.807) is 21.3 Å². The van der Waals surface area contributed by atoms with Gasteiger partial charge in [0.2, 0.25) is 11.8 Å². The number of amides is 3. The minimum atomic E-state index is -0.915. The van der Waals surface area contributed by atoms with Crippen molar-refractivity contribution in [3.05, 3.63) is 112 Å². The van der Waals surface area contributed by atoms with Crippen LogP contribution in [0.1, 0.15) is 40.7 Å². The number of alkyl halides is 1. The van der Waals surface area contributed by atoms with Gasteiger partial charge in [-0.3, -0.25) is 34.0 Å². The van der Waals surface area contributed by atoms with Crippen LogP contribution in [0.3, 0.4) is 0 Å². The second-order valence-corrected chi connectivity index (χ2v) is 17.8. The van der Waals surface area contributed by atoms with Crippen LogP contribution in [-0.4, -0.2) is 112 Å². The number of hydrogen-bond donors (Lipinski definition) is 2. The average Bonchev–Trinajstić information content (AvgIpc) is 3.86. The van der Waals surface area contributed by atoms with Crippen molar-refractivity contribution in [3.63, 3.8) is 0 Å². The van der Waals surface area contributed by atoms with E-state index in [9.17, 15) is 28.8 Å². The highest BCUT2D eigenvalue weighted by Gasteiger charge is 2.40. The van der Waals surface area contributed by atoms with E-state index in [4.69, 9.17) is 4.74 Å². The van der Waals surface area contributed by atoms with Gasteiger partial charge in [0.05, 0.1) is 22.3 Å². The number of halogens is 2. The fourth-order valence-electron chi connectivity index (χ4n) is 9.24. The first-order valence-corrected chi connectivity index (χ1v) is 22.2. The highest BCUT2D eigenvalue weighted by Crippen LogP contribution is 2.37. The molecule has 4 saturated heterocycles. The molecule has 5 aliphatic heterocycles. The van der Waals surface area contributed by atoms with Crippen molar-refractivity contribution >= 4 is 57.8 Å². The van der Waals surface area contributed by atoms with E-state index in [0.717, 1.165) is 74.9 Å². The molecule has 15 nitrogen and oxygen atoms in total. The van der Waals surface area contributed by atoms with Crippen molar-refractivity contribution in [2.24, 2.45) is 5.92 Å². The summed E-state index contributed by atoms with van der Waals surface area (Å²) >= 11 is 1.15. The van der Waals surface area contributed by atoms with E-state index in [2.05, 4.69) is 35.8 Å². The maximum Gasteiger partial charge on any atom is 0.265 e. The molecule has 18 heteroatoms. The third kappa shape index (κ3) is 8.10. The number of nitriles is 1. The maximum absolute atomic E-state index is 15.1. The Morgan fingerprint density at radius 1 is 0.875 bits per heavy atom. The van der Waals surface area contributed by atoms with Gasteiger partial charge >= 0.3 is 0 Å². The summed E-state index contributed by atoms with van der Waals surface area (Å²) in [6.45, 7) is 7.59. The summed E-state index contributed by atoms with van der Waals surface area (Å²) in [4.78, 5) is 64.3. The number of rotatable bonds is 11. The van der Waals surface area contributed by atoms with E-state index in [-0.39, 0.29) is 52.8 Å². The third-order valence-corrected chi connectivity index (χ3v) is 13.7. The van der Waals surface area contributed by atoms with Gasteiger partial charge in [0.15, 0.2) is 11.6 Å². The Hall–Kier alpha value is -6.55. The van der Waals surface area contributed by atoms with Gasteiger partial charge in [-0.1, -0.05) is 0 Å². The topological polar surface area (TPSA) is 159 Å². The van der Waals surface area contributed by atoms with Crippen LogP contribution in [0.2, 0.25) is 0 Å². The minimum Gasteiger partial charge on any atom is -0.453 e. The van der Waals surface area contributed by atoms with Crippen molar-refractivity contribution in [1.82, 2.24) is 29.0 Å². The Kier molecular flexibility index (Phi) is 11.1. The summed E-state index contributed by atoms with van der Waals surface area (Å²) < 4.78 is 41.0. The van der Waals surface area contributed by atoms with E-state index < -0.39 is 23.9 Å². The van der Waals surface area contributed by atoms with Gasteiger partial charge in [-0.2, -0.15) is 5.26 Å². The second kappa shape index (κ2) is 17.2. The lowest BCUT2D eigenvalue weighted by atomic mass is 9.97. The molecule has 2 atom stereocenters. The van der Waals surface area contributed by atoms with Crippen LogP contribution >= 0.6 is 12.1 Å². The summed E-state index contributed by atoms with van der Waals surface area (Å²) in [6, 6.07) is 22.4. The molecule has 0 aliphatic carbocycles. The van der Waals surface area contributed by atoms with Crippen molar-refractivity contribution < 1.29 is 27.9 Å². The van der Waals surface area contributed by atoms with E-state index >= 15 is 4.39 Å². The van der Waals surface area contributed by atoms with Crippen LogP contribution in [0, 0.1) is 23.1 Å². The number of piperazine rings is 1. The molecule has 0 spiro atoms. The molecule has 10 rings (SSSR count). The normalized spacial score (nSPS) is 20.6. The zero-order valence-corrected chi connectivity index (χ0v) is 35.5. The molecule has 4 aromatic carbocycles. The number of hydrogen-bond acceptors (Lipinski definition) is 13. The number of nitrogens with zero attached hydrogens (tertiary/aromatic N) is 8. The van der Waals surface area contributed by atoms with Crippen LogP contribution in [0.15, 0.2) is 83.9 Å². The van der Waals surface area contributed by atoms with Gasteiger partial charge in [0.1, 0.15) is 35.9 Å². The van der Waals surface area contributed by atoms with Crippen LogP contribution in [0.25, 0.3) is 16.6 Å². The van der Waals surface area contributed by atoms with E-state index in [0.29, 0.717) is 54.3 Å². The number of fused-ring (bicyclic) bond motifs is 2. The van der Waals surface area contributed by atoms with Crippen LogP contribution in [0.4, 0.5) is 25.8 Å². The van der Waals surface area contributed by atoms with Crippen molar-refractivity contribution in [2.45, 2.75) is 38.0 Å². The fourth-order valence-corrected chi connectivity index (χ4v) is 10.1. The monoisotopic (exact) mass is 886 g/mol. The first-order chi connectivity index (χ1) is 31.1. The van der Waals surface area contributed by atoms with Crippen LogP contribution in [-0.2, 0) is 16.1 Å². The smallest absolute Gasteiger partial charge is 0.265 e. The molecule has 0 bridgehead atoms. The summed E-state index contributed by atoms with van der Waals surface area (Å²) in [5.41, 5.74) is 4.66.